The molecule has 0 aromatic heterocycles. The van der Waals surface area contributed by atoms with Gasteiger partial charge in [0.15, 0.2) is 0 Å². The summed E-state index contributed by atoms with van der Waals surface area (Å²) in [4.78, 5) is 0. The van der Waals surface area contributed by atoms with Crippen molar-refractivity contribution in [3.63, 3.8) is 0 Å². The standard InChI is InChI=1S/C21H25.C13H10.C11H11.2ClH.Zr/c1-20(2,3)16-7-9-18-14(12-16)11-15-13-17(21(4,5)6)8-10-19(15)18;1-3-7-12(8-4-1)11-13-9-5-2-6-10-13;1-8-4-3-5-10-7-6-9(2)11(8)10;;;/h7-13H,1-6H3;1-10H;3-7H,1-2H3;2*1H;/q;;;;;+2/p-2. The van der Waals surface area contributed by atoms with Crippen molar-refractivity contribution in [2.75, 3.05) is 0 Å². The minimum absolute atomic E-state index is 0.0339. The number of benzene rings is 5. The Labute approximate surface area is 295 Å². The summed E-state index contributed by atoms with van der Waals surface area (Å²) in [5, 5.41) is 0. The summed E-state index contributed by atoms with van der Waals surface area (Å²) in [6.07, 6.45) is 2.44. The van der Waals surface area contributed by atoms with Gasteiger partial charge in [-0.1, -0.05) is 0 Å². The number of aryl methyl sites for hydroxylation is 1. The summed E-state index contributed by atoms with van der Waals surface area (Å²) in [5.41, 5.74) is 14.9. The molecule has 0 saturated carbocycles. The molecule has 48 heavy (non-hydrogen) atoms. The summed E-state index contributed by atoms with van der Waals surface area (Å²) in [6, 6.07) is 42.5. The molecule has 0 radical (unpaired) electrons. The maximum atomic E-state index is 9.07. The topological polar surface area (TPSA) is 0 Å². The Balaban J connectivity index is 1.74. The molecule has 0 aliphatic heterocycles. The molecular formula is C45H46Cl2Zr. The van der Waals surface area contributed by atoms with Crippen LogP contribution in [0.5, 0.6) is 0 Å². The zero-order chi connectivity index (χ0) is 34.2. The van der Waals surface area contributed by atoms with E-state index in [-0.39, 0.29) is 18.1 Å². The van der Waals surface area contributed by atoms with Gasteiger partial charge in [-0.15, -0.1) is 0 Å². The van der Waals surface area contributed by atoms with Crippen LogP contribution in [0.25, 0.3) is 16.7 Å². The average molecular weight is 749 g/mol. The minimum atomic E-state index is -5.63. The van der Waals surface area contributed by atoms with Gasteiger partial charge >= 0.3 is 298 Å². The van der Waals surface area contributed by atoms with E-state index in [0.29, 0.717) is 0 Å². The van der Waals surface area contributed by atoms with Gasteiger partial charge in [0, 0.05) is 0 Å². The summed E-state index contributed by atoms with van der Waals surface area (Å²) in [5.74, 6) is 0. The van der Waals surface area contributed by atoms with Crippen LogP contribution in [0.15, 0.2) is 121 Å². The van der Waals surface area contributed by atoms with E-state index >= 15 is 0 Å². The van der Waals surface area contributed by atoms with E-state index in [0.717, 1.165) is 14.3 Å². The first kappa shape index (κ1) is 33.7. The quantitative estimate of drug-likeness (QED) is 0.172. The van der Waals surface area contributed by atoms with Crippen LogP contribution in [0, 0.1) is 6.92 Å². The van der Waals surface area contributed by atoms with Crippen molar-refractivity contribution in [3.8, 4) is 11.1 Å². The van der Waals surface area contributed by atoms with Crippen LogP contribution < -0.4 is 0 Å². The summed E-state index contributed by atoms with van der Waals surface area (Å²) >= 11 is -5.63. The molecule has 0 fully saturated rings. The number of hydrogen-bond donors (Lipinski definition) is 0. The molecule has 0 bridgehead atoms. The fourth-order valence-electron chi connectivity index (χ4n) is 8.52. The second-order valence-corrected chi connectivity index (χ2v) is 36.8. The van der Waals surface area contributed by atoms with Crippen LogP contribution in [0.4, 0.5) is 0 Å². The Bertz CT molecular complexity index is 2060. The maximum absolute atomic E-state index is 9.07. The fourth-order valence-corrected chi connectivity index (χ4v) is 29.2. The van der Waals surface area contributed by atoms with Crippen LogP contribution in [0.1, 0.15) is 106 Å². The molecule has 0 N–H and O–H groups in total. The van der Waals surface area contributed by atoms with E-state index in [4.69, 9.17) is 17.0 Å². The van der Waals surface area contributed by atoms with Crippen molar-refractivity contribution < 1.29 is 15.9 Å². The molecule has 244 valence electrons. The Morgan fingerprint density at radius 1 is 0.562 bits per heavy atom. The van der Waals surface area contributed by atoms with Crippen LogP contribution >= 0.6 is 17.0 Å². The Morgan fingerprint density at radius 3 is 1.50 bits per heavy atom. The second-order valence-electron chi connectivity index (χ2n) is 16.2. The van der Waals surface area contributed by atoms with E-state index in [1.165, 1.54) is 55.6 Å². The van der Waals surface area contributed by atoms with Crippen molar-refractivity contribution in [2.24, 2.45) is 0 Å². The van der Waals surface area contributed by atoms with Crippen molar-refractivity contribution in [1.82, 2.24) is 0 Å². The van der Waals surface area contributed by atoms with Crippen molar-refractivity contribution in [1.29, 1.82) is 0 Å². The van der Waals surface area contributed by atoms with E-state index in [1.807, 2.05) is 0 Å². The fraction of sp³-hybridized carbons (Fsp3) is 0.267. The molecule has 3 heteroatoms. The van der Waals surface area contributed by atoms with Crippen molar-refractivity contribution in [2.45, 2.75) is 73.5 Å². The molecular weight excluding hydrogens is 703 g/mol. The van der Waals surface area contributed by atoms with Gasteiger partial charge < -0.3 is 0 Å². The zero-order valence-electron chi connectivity index (χ0n) is 29.5. The van der Waals surface area contributed by atoms with Gasteiger partial charge in [-0.25, -0.2) is 0 Å². The number of hydrogen-bond acceptors (Lipinski definition) is 0. The van der Waals surface area contributed by atoms with Gasteiger partial charge in [-0.2, -0.15) is 0 Å². The van der Waals surface area contributed by atoms with Gasteiger partial charge in [-0.3, -0.25) is 0 Å². The Kier molecular flexibility index (Phi) is 8.15. The normalized spacial score (nSPS) is 16.3. The molecule has 0 nitrogen and oxygen atoms in total. The van der Waals surface area contributed by atoms with Gasteiger partial charge in [0.05, 0.1) is 0 Å². The van der Waals surface area contributed by atoms with Crippen LogP contribution in [0.3, 0.4) is 0 Å². The SMILES string of the molecule is CC1=C[CH]([Zr]([Cl])([Cl])(=[C](c2ccccc2)c2ccccc2)[CH]2c3cc(C(C)(C)C)ccc3-c3ccc(C(C)(C)C)cc32)c2cccc(C)c21. The predicted molar refractivity (Wildman–Crippen MR) is 206 cm³/mol. The summed E-state index contributed by atoms with van der Waals surface area (Å²) in [6.45, 7) is 18.2. The number of halogens is 2. The average Bonchev–Trinajstić information content (AvgIpc) is 3.57. The van der Waals surface area contributed by atoms with Crippen LogP contribution in [0.2, 0.25) is 0 Å². The first-order valence-corrected chi connectivity index (χ1v) is 27.6. The predicted octanol–water partition coefficient (Wildman–Crippen LogP) is 13.1. The molecule has 0 spiro atoms. The Hall–Kier alpha value is -2.83. The molecule has 0 saturated heterocycles. The van der Waals surface area contributed by atoms with Gasteiger partial charge in [-0.05, 0) is 0 Å². The third-order valence-corrected chi connectivity index (χ3v) is 30.4. The Morgan fingerprint density at radius 2 is 1.04 bits per heavy atom. The van der Waals surface area contributed by atoms with E-state index < -0.39 is 15.9 Å². The summed E-state index contributed by atoms with van der Waals surface area (Å²) in [7, 11) is 18.1. The van der Waals surface area contributed by atoms with Gasteiger partial charge in [0.2, 0.25) is 0 Å². The third-order valence-electron chi connectivity index (χ3n) is 10.9. The second kappa shape index (κ2) is 11.6. The molecule has 1 atom stereocenters. The summed E-state index contributed by atoms with van der Waals surface area (Å²) < 4.78 is 0.816. The number of rotatable bonds is 4. The van der Waals surface area contributed by atoms with Crippen molar-refractivity contribution in [3.05, 3.63) is 171 Å². The van der Waals surface area contributed by atoms with E-state index in [2.05, 4.69) is 177 Å². The molecule has 1 unspecified atom stereocenters. The molecule has 2 aliphatic carbocycles. The molecule has 5 aromatic carbocycles. The first-order chi connectivity index (χ1) is 22.6. The monoisotopic (exact) mass is 746 g/mol. The van der Waals surface area contributed by atoms with Gasteiger partial charge in [0.1, 0.15) is 0 Å². The van der Waals surface area contributed by atoms with Crippen LogP contribution in [-0.4, -0.2) is 3.21 Å². The number of allylic oxidation sites excluding steroid dienone is 2. The molecule has 2 aliphatic rings. The van der Waals surface area contributed by atoms with Crippen LogP contribution in [-0.2, 0) is 26.7 Å². The molecule has 7 rings (SSSR count). The van der Waals surface area contributed by atoms with E-state index in [9.17, 15) is 0 Å². The van der Waals surface area contributed by atoms with E-state index in [1.54, 1.807) is 0 Å². The third kappa shape index (κ3) is 5.23. The first-order valence-electron chi connectivity index (χ1n) is 17.2. The molecule has 0 amide bonds. The number of fused-ring (bicyclic) bond motifs is 4. The molecule has 5 aromatic rings. The van der Waals surface area contributed by atoms with Gasteiger partial charge in [0.25, 0.3) is 0 Å². The van der Waals surface area contributed by atoms with Crippen molar-refractivity contribution >= 4 is 25.8 Å². The zero-order valence-corrected chi connectivity index (χ0v) is 33.4. The molecule has 0 heterocycles.